The molecular weight excluding hydrogens is 578 g/mol. The molecule has 5 heterocycles. The molecule has 45 heavy (non-hydrogen) atoms. The molecule has 232 valence electrons. The molecule has 6 rings (SSSR count). The summed E-state index contributed by atoms with van der Waals surface area (Å²) < 4.78 is 44.0. The topological polar surface area (TPSA) is 138 Å². The van der Waals surface area contributed by atoms with Crippen LogP contribution in [-0.2, 0) is 21.3 Å². The third-order valence-corrected chi connectivity index (χ3v) is 8.88. The van der Waals surface area contributed by atoms with Crippen LogP contribution in [0.25, 0.3) is 16.8 Å². The van der Waals surface area contributed by atoms with Gasteiger partial charge in [0.2, 0.25) is 0 Å². The van der Waals surface area contributed by atoms with Crippen molar-refractivity contribution in [2.75, 3.05) is 37.8 Å². The summed E-state index contributed by atoms with van der Waals surface area (Å²) in [6, 6.07) is 11.9. The highest BCUT2D eigenvalue weighted by Gasteiger charge is 2.37. The van der Waals surface area contributed by atoms with Crippen LogP contribution in [0, 0.1) is 40.2 Å². The lowest BCUT2D eigenvalue weighted by molar-refractivity contribution is -0.00335. The van der Waals surface area contributed by atoms with E-state index in [9.17, 15) is 5.26 Å². The zero-order chi connectivity index (χ0) is 31.6. The molecule has 4 aromatic rings. The number of benzene rings is 1. The van der Waals surface area contributed by atoms with Crippen LogP contribution in [0.3, 0.4) is 0 Å². The molecule has 2 N–H and O–H groups in total. The maximum absolute atomic E-state index is 15.6. The summed E-state index contributed by atoms with van der Waals surface area (Å²) in [4.78, 5) is 11.1. The van der Waals surface area contributed by atoms with Crippen molar-refractivity contribution in [1.82, 2.24) is 19.6 Å². The molecule has 0 saturated carbocycles. The summed E-state index contributed by atoms with van der Waals surface area (Å²) in [5, 5.41) is 23.4. The molecule has 2 fully saturated rings. The van der Waals surface area contributed by atoms with Crippen molar-refractivity contribution in [2.45, 2.75) is 50.2 Å². The number of imidazole rings is 1. The third kappa shape index (κ3) is 5.97. The second-order valence-electron chi connectivity index (χ2n) is 11.8. The van der Waals surface area contributed by atoms with E-state index in [4.69, 9.17) is 20.5 Å². The van der Waals surface area contributed by atoms with Gasteiger partial charge in [-0.2, -0.15) is 15.6 Å². The second kappa shape index (κ2) is 12.9. The summed E-state index contributed by atoms with van der Waals surface area (Å²) >= 11 is 0. The summed E-state index contributed by atoms with van der Waals surface area (Å²) in [6.07, 6.45) is 6.48. The number of ether oxygens (including phenoxy) is 2. The Kier molecular flexibility index (Phi) is 8.72. The van der Waals surface area contributed by atoms with Crippen molar-refractivity contribution >= 4 is 11.2 Å². The van der Waals surface area contributed by atoms with Gasteiger partial charge in [0.25, 0.3) is 0 Å². The zero-order valence-electron chi connectivity index (χ0n) is 25.0. The first kappa shape index (κ1) is 30.5. The lowest BCUT2D eigenvalue weighted by Crippen LogP contribution is -2.57. The Morgan fingerprint density at radius 1 is 1.11 bits per heavy atom. The van der Waals surface area contributed by atoms with E-state index in [1.165, 1.54) is 12.1 Å². The molecule has 10 nitrogen and oxygen atoms in total. The fourth-order valence-electron chi connectivity index (χ4n) is 6.53. The van der Waals surface area contributed by atoms with Gasteiger partial charge < -0.3 is 20.1 Å². The fourth-order valence-corrected chi connectivity index (χ4v) is 6.53. The standard InChI is InChI=1S/C33H34F2N8O2/c1-21-18-42(19-27(38)32(21)45-10-2-8-36)29-5-9-39-16-22(29)13-30-40-17-24-3-4-28(41-43(24)30)31-25(34)14-23(15-26(31)35)33(20-37)6-11-44-12-7-33/h3-5,9,14-17,21,27,32H,2,6-7,10-13,18-19,38H2,1H3/t21-,27+,32-/m0/s1. The number of piperidine rings is 1. The van der Waals surface area contributed by atoms with E-state index in [0.717, 1.165) is 11.3 Å². The first-order chi connectivity index (χ1) is 21.8. The van der Waals surface area contributed by atoms with Crippen molar-refractivity contribution in [3.63, 3.8) is 0 Å². The lowest BCUT2D eigenvalue weighted by atomic mass is 9.75. The van der Waals surface area contributed by atoms with E-state index in [-0.39, 0.29) is 29.3 Å². The molecule has 3 aromatic heterocycles. The number of hydrogen-bond donors (Lipinski definition) is 1. The minimum Gasteiger partial charge on any atom is -0.381 e. The van der Waals surface area contributed by atoms with Crippen LogP contribution in [0.1, 0.15) is 43.1 Å². The van der Waals surface area contributed by atoms with Crippen molar-refractivity contribution in [3.05, 3.63) is 77.5 Å². The van der Waals surface area contributed by atoms with Crippen molar-refractivity contribution in [2.24, 2.45) is 11.7 Å². The Morgan fingerprint density at radius 3 is 2.60 bits per heavy atom. The summed E-state index contributed by atoms with van der Waals surface area (Å²) in [5.41, 5.74) is 8.25. The van der Waals surface area contributed by atoms with Gasteiger partial charge in [0, 0.05) is 68.3 Å². The van der Waals surface area contributed by atoms with Gasteiger partial charge in [-0.3, -0.25) is 4.98 Å². The highest BCUT2D eigenvalue weighted by Crippen LogP contribution is 2.37. The van der Waals surface area contributed by atoms with Gasteiger partial charge in [-0.1, -0.05) is 6.92 Å². The number of anilines is 1. The Balaban J connectivity index is 1.28. The molecule has 1 aromatic carbocycles. The summed E-state index contributed by atoms with van der Waals surface area (Å²) in [7, 11) is 0. The van der Waals surface area contributed by atoms with E-state index in [0.29, 0.717) is 75.5 Å². The van der Waals surface area contributed by atoms with Gasteiger partial charge in [-0.05, 0) is 48.7 Å². The molecule has 2 aliphatic heterocycles. The molecule has 0 unspecified atom stereocenters. The molecule has 0 bridgehead atoms. The highest BCUT2D eigenvalue weighted by molar-refractivity contribution is 5.64. The smallest absolute Gasteiger partial charge is 0.135 e. The normalized spacial score (nSPS) is 21.4. The first-order valence-electron chi connectivity index (χ1n) is 15.1. The molecule has 12 heteroatoms. The average Bonchev–Trinajstić information content (AvgIpc) is 3.44. The predicted molar refractivity (Wildman–Crippen MR) is 162 cm³/mol. The minimum absolute atomic E-state index is 0.117. The maximum atomic E-state index is 15.6. The first-order valence-corrected chi connectivity index (χ1v) is 15.1. The molecule has 0 radical (unpaired) electrons. The van der Waals surface area contributed by atoms with Gasteiger partial charge >= 0.3 is 0 Å². The molecular formula is C33H34F2N8O2. The van der Waals surface area contributed by atoms with E-state index >= 15 is 8.78 Å². The van der Waals surface area contributed by atoms with E-state index in [1.807, 2.05) is 6.07 Å². The molecule has 0 amide bonds. The monoisotopic (exact) mass is 612 g/mol. The number of rotatable bonds is 8. The molecule has 0 aliphatic carbocycles. The van der Waals surface area contributed by atoms with Crippen molar-refractivity contribution in [3.8, 4) is 23.4 Å². The number of nitrogens with two attached hydrogens (primary N) is 1. The number of aromatic nitrogens is 4. The SMILES string of the molecule is C[C@H]1CN(c2ccncc2Cc2ncc3ccc(-c4c(F)cc(C5(C#N)CCOCC5)cc4F)nn23)C[C@@H](N)[C@H]1OCCC#N. The number of nitriles is 2. The minimum atomic E-state index is -0.990. The van der Waals surface area contributed by atoms with Crippen LogP contribution >= 0.6 is 0 Å². The Morgan fingerprint density at radius 2 is 1.89 bits per heavy atom. The Hall–Kier alpha value is -4.49. The number of pyridine rings is 1. The van der Waals surface area contributed by atoms with Gasteiger partial charge in [0.05, 0.1) is 59.7 Å². The van der Waals surface area contributed by atoms with Crippen molar-refractivity contribution in [1.29, 1.82) is 10.5 Å². The number of nitrogens with zero attached hydrogens (tertiary/aromatic N) is 7. The van der Waals surface area contributed by atoms with Crippen LogP contribution in [0.2, 0.25) is 0 Å². The van der Waals surface area contributed by atoms with Crippen LogP contribution in [0.15, 0.2) is 48.9 Å². The van der Waals surface area contributed by atoms with Crippen LogP contribution in [0.5, 0.6) is 0 Å². The number of hydrogen-bond acceptors (Lipinski definition) is 9. The van der Waals surface area contributed by atoms with Crippen LogP contribution in [0.4, 0.5) is 14.5 Å². The third-order valence-electron chi connectivity index (χ3n) is 8.88. The second-order valence-corrected chi connectivity index (χ2v) is 11.8. The Labute approximate surface area is 260 Å². The van der Waals surface area contributed by atoms with E-state index < -0.39 is 17.0 Å². The van der Waals surface area contributed by atoms with Crippen LogP contribution < -0.4 is 10.6 Å². The van der Waals surface area contributed by atoms with Gasteiger partial charge in [0.15, 0.2) is 0 Å². The summed E-state index contributed by atoms with van der Waals surface area (Å²) in [6.45, 7) is 4.45. The largest absolute Gasteiger partial charge is 0.381 e. The quantitative estimate of drug-likeness (QED) is 0.288. The average molecular weight is 613 g/mol. The van der Waals surface area contributed by atoms with Gasteiger partial charge in [-0.25, -0.2) is 18.3 Å². The predicted octanol–water partition coefficient (Wildman–Crippen LogP) is 4.31. The molecule has 0 spiro atoms. The van der Waals surface area contributed by atoms with E-state index in [1.54, 1.807) is 35.2 Å². The van der Waals surface area contributed by atoms with Crippen molar-refractivity contribution < 1.29 is 18.3 Å². The number of fused-ring (bicyclic) bond motifs is 1. The fraction of sp³-hybridized carbons (Fsp3) is 0.424. The highest BCUT2D eigenvalue weighted by atomic mass is 19.1. The van der Waals surface area contributed by atoms with E-state index in [2.05, 4.69) is 39.0 Å². The molecule has 2 saturated heterocycles. The summed E-state index contributed by atoms with van der Waals surface area (Å²) in [5.74, 6) is -0.842. The van der Waals surface area contributed by atoms with Gasteiger partial charge in [0.1, 0.15) is 17.5 Å². The van der Waals surface area contributed by atoms with Crippen LogP contribution in [-0.4, -0.2) is 64.6 Å². The molecule has 3 atom stereocenters. The maximum Gasteiger partial charge on any atom is 0.135 e. The lowest BCUT2D eigenvalue weighted by Gasteiger charge is -2.42. The molecule has 2 aliphatic rings. The van der Waals surface area contributed by atoms with Gasteiger partial charge in [-0.15, -0.1) is 0 Å². The Bertz CT molecular complexity index is 1740. The zero-order valence-corrected chi connectivity index (χ0v) is 25.0. The number of halogens is 2.